The van der Waals surface area contributed by atoms with Gasteiger partial charge in [-0.15, -0.1) is 0 Å². The van der Waals surface area contributed by atoms with Crippen molar-refractivity contribution in [1.29, 1.82) is 0 Å². The summed E-state index contributed by atoms with van der Waals surface area (Å²) in [4.78, 5) is 11.3. The summed E-state index contributed by atoms with van der Waals surface area (Å²) in [5.74, 6) is 1.09. The number of rotatable bonds is 2. The summed E-state index contributed by atoms with van der Waals surface area (Å²) in [5, 5.41) is 2.35. The van der Waals surface area contributed by atoms with Crippen LogP contribution in [0.5, 0.6) is 11.5 Å². The molecule has 0 unspecified atom stereocenters. The first-order chi connectivity index (χ1) is 8.02. The van der Waals surface area contributed by atoms with Gasteiger partial charge in [0.1, 0.15) is 5.60 Å². The molecule has 1 N–H and O–H groups in total. The molecule has 0 saturated heterocycles. The molecular weight excluding hydrogens is 218 g/mol. The Kier molecular flexibility index (Phi) is 2.79. The molecule has 4 nitrogen and oxygen atoms in total. The normalized spacial score (nSPS) is 15.6. The van der Waals surface area contributed by atoms with Gasteiger partial charge in [0, 0.05) is 12.0 Å². The predicted octanol–water partition coefficient (Wildman–Crippen LogP) is 2.63. The van der Waals surface area contributed by atoms with Gasteiger partial charge in [0.2, 0.25) is 0 Å². The molecule has 17 heavy (non-hydrogen) atoms. The largest absolute Gasteiger partial charge is 0.483 e. The van der Waals surface area contributed by atoms with Gasteiger partial charge in [0.05, 0.1) is 0 Å². The number of benzene rings is 1. The van der Waals surface area contributed by atoms with Gasteiger partial charge in [-0.05, 0) is 26.1 Å². The fourth-order valence-corrected chi connectivity index (χ4v) is 1.88. The number of fused-ring (bicyclic) bond motifs is 1. The van der Waals surface area contributed by atoms with Crippen LogP contribution >= 0.6 is 0 Å². The molecule has 0 spiro atoms. The molecule has 1 aliphatic rings. The van der Waals surface area contributed by atoms with E-state index in [2.05, 4.69) is 11.9 Å². The van der Waals surface area contributed by atoms with E-state index in [4.69, 9.17) is 9.47 Å². The third kappa shape index (κ3) is 2.41. The van der Waals surface area contributed by atoms with E-state index in [0.717, 1.165) is 12.0 Å². The minimum Gasteiger partial charge on any atom is -0.483 e. The maximum atomic E-state index is 11.3. The van der Waals surface area contributed by atoms with Crippen LogP contribution in [0.3, 0.4) is 0 Å². The third-order valence-corrected chi connectivity index (χ3v) is 2.48. The molecule has 1 amide bonds. The lowest BCUT2D eigenvalue weighted by molar-refractivity contribution is 0.133. The van der Waals surface area contributed by atoms with Gasteiger partial charge in [-0.3, -0.25) is 5.32 Å². The highest BCUT2D eigenvalue weighted by atomic mass is 16.6. The quantitative estimate of drug-likeness (QED) is 0.854. The number of nitrogens with one attached hydrogen (secondary N) is 1. The van der Waals surface area contributed by atoms with E-state index in [1.165, 1.54) is 6.20 Å². The Balaban J connectivity index is 2.24. The molecule has 1 aliphatic heterocycles. The molecule has 4 heteroatoms. The smallest absolute Gasteiger partial charge is 0.416 e. The van der Waals surface area contributed by atoms with Crippen molar-refractivity contribution < 1.29 is 14.3 Å². The Morgan fingerprint density at radius 1 is 1.59 bits per heavy atom. The highest BCUT2D eigenvalue weighted by Crippen LogP contribution is 2.41. The van der Waals surface area contributed by atoms with Crippen molar-refractivity contribution in [2.75, 3.05) is 0 Å². The van der Waals surface area contributed by atoms with Gasteiger partial charge in [-0.1, -0.05) is 18.7 Å². The topological polar surface area (TPSA) is 47.6 Å². The molecular formula is C13H15NO3. The molecule has 2 rings (SSSR count). The Morgan fingerprint density at radius 3 is 3.06 bits per heavy atom. The van der Waals surface area contributed by atoms with Crippen molar-refractivity contribution in [3.05, 3.63) is 36.5 Å². The second-order valence-electron chi connectivity index (χ2n) is 4.52. The van der Waals surface area contributed by atoms with Crippen LogP contribution in [-0.2, 0) is 6.42 Å². The standard InChI is InChI=1S/C13H15NO3/c1-4-14-12(15)16-10-7-5-6-9-8-13(2,3)17-11(9)10/h4-7H,1,8H2,2-3H3,(H,14,15). The minimum atomic E-state index is -0.568. The zero-order chi connectivity index (χ0) is 12.5. The monoisotopic (exact) mass is 233 g/mol. The molecule has 0 fully saturated rings. The number of hydrogen-bond acceptors (Lipinski definition) is 3. The Labute approximate surface area is 100 Å². The van der Waals surface area contributed by atoms with E-state index in [1.54, 1.807) is 6.07 Å². The average molecular weight is 233 g/mol. The van der Waals surface area contributed by atoms with Crippen molar-refractivity contribution in [1.82, 2.24) is 5.32 Å². The third-order valence-electron chi connectivity index (χ3n) is 2.48. The van der Waals surface area contributed by atoms with Crippen LogP contribution in [0, 0.1) is 0 Å². The predicted molar refractivity (Wildman–Crippen MR) is 64.2 cm³/mol. The molecule has 0 bridgehead atoms. The summed E-state index contributed by atoms with van der Waals surface area (Å²) in [6, 6.07) is 5.53. The van der Waals surface area contributed by atoms with Crippen LogP contribution in [0.4, 0.5) is 4.79 Å². The molecule has 0 radical (unpaired) electrons. The summed E-state index contributed by atoms with van der Waals surface area (Å²) in [7, 11) is 0. The van der Waals surface area contributed by atoms with Crippen LogP contribution in [-0.4, -0.2) is 11.7 Å². The van der Waals surface area contributed by atoms with Gasteiger partial charge in [0.25, 0.3) is 0 Å². The molecule has 1 aromatic carbocycles. The zero-order valence-electron chi connectivity index (χ0n) is 9.95. The lowest BCUT2D eigenvalue weighted by Crippen LogP contribution is -2.25. The van der Waals surface area contributed by atoms with E-state index in [1.807, 2.05) is 26.0 Å². The van der Waals surface area contributed by atoms with Crippen molar-refractivity contribution in [3.63, 3.8) is 0 Å². The van der Waals surface area contributed by atoms with Gasteiger partial charge in [-0.2, -0.15) is 0 Å². The zero-order valence-corrected chi connectivity index (χ0v) is 9.95. The Morgan fingerprint density at radius 2 is 2.35 bits per heavy atom. The Hall–Kier alpha value is -1.97. The van der Waals surface area contributed by atoms with E-state index >= 15 is 0 Å². The lowest BCUT2D eigenvalue weighted by Gasteiger charge is -2.17. The van der Waals surface area contributed by atoms with Crippen molar-refractivity contribution in [2.45, 2.75) is 25.9 Å². The number of carbonyl (C=O) groups is 1. The first-order valence-electron chi connectivity index (χ1n) is 5.42. The summed E-state index contributed by atoms with van der Waals surface area (Å²) in [6.45, 7) is 7.40. The molecule has 90 valence electrons. The molecule has 0 atom stereocenters. The fraction of sp³-hybridized carbons (Fsp3) is 0.308. The maximum Gasteiger partial charge on any atom is 0.416 e. The van der Waals surface area contributed by atoms with E-state index in [-0.39, 0.29) is 5.60 Å². The van der Waals surface area contributed by atoms with Gasteiger partial charge in [-0.25, -0.2) is 4.79 Å². The average Bonchev–Trinajstić information content (AvgIpc) is 2.53. The van der Waals surface area contributed by atoms with Crippen LogP contribution < -0.4 is 14.8 Å². The van der Waals surface area contributed by atoms with Crippen molar-refractivity contribution in [2.24, 2.45) is 0 Å². The first-order valence-corrected chi connectivity index (χ1v) is 5.42. The number of amides is 1. The highest BCUT2D eigenvalue weighted by molar-refractivity contribution is 5.72. The summed E-state index contributed by atoms with van der Waals surface area (Å²) >= 11 is 0. The van der Waals surface area contributed by atoms with Crippen LogP contribution in [0.15, 0.2) is 31.0 Å². The van der Waals surface area contributed by atoms with Crippen LogP contribution in [0.2, 0.25) is 0 Å². The summed E-state index contributed by atoms with van der Waals surface area (Å²) in [5.41, 5.74) is 0.801. The molecule has 0 aliphatic carbocycles. The number of carbonyl (C=O) groups excluding carboxylic acids is 1. The SMILES string of the molecule is C=CNC(=O)Oc1cccc2c1OC(C)(C)C2. The maximum absolute atomic E-state index is 11.3. The van der Waals surface area contributed by atoms with Gasteiger partial charge < -0.3 is 9.47 Å². The van der Waals surface area contributed by atoms with Crippen LogP contribution in [0.1, 0.15) is 19.4 Å². The lowest BCUT2D eigenvalue weighted by atomic mass is 10.0. The van der Waals surface area contributed by atoms with E-state index in [0.29, 0.717) is 11.5 Å². The molecule has 1 heterocycles. The number of hydrogen-bond donors (Lipinski definition) is 1. The summed E-state index contributed by atoms with van der Waals surface area (Å²) < 4.78 is 10.9. The summed E-state index contributed by atoms with van der Waals surface area (Å²) in [6.07, 6.45) is 1.51. The second kappa shape index (κ2) is 4.13. The Bertz CT molecular complexity index is 466. The van der Waals surface area contributed by atoms with E-state index < -0.39 is 6.09 Å². The van der Waals surface area contributed by atoms with Gasteiger partial charge >= 0.3 is 6.09 Å². The number of ether oxygens (including phenoxy) is 2. The van der Waals surface area contributed by atoms with Crippen molar-refractivity contribution in [3.8, 4) is 11.5 Å². The number of para-hydroxylation sites is 1. The molecule has 0 saturated carbocycles. The second-order valence-corrected chi connectivity index (χ2v) is 4.52. The minimum absolute atomic E-state index is 0.253. The van der Waals surface area contributed by atoms with Crippen molar-refractivity contribution >= 4 is 6.09 Å². The fourth-order valence-electron chi connectivity index (χ4n) is 1.88. The first kappa shape index (κ1) is 11.5. The molecule has 1 aromatic rings. The van der Waals surface area contributed by atoms with Crippen LogP contribution in [0.25, 0.3) is 0 Å². The highest BCUT2D eigenvalue weighted by Gasteiger charge is 2.32. The van der Waals surface area contributed by atoms with E-state index in [9.17, 15) is 4.79 Å². The molecule has 0 aromatic heterocycles. The van der Waals surface area contributed by atoms with Gasteiger partial charge in [0.15, 0.2) is 11.5 Å².